The molecule has 0 aromatic heterocycles. The van der Waals surface area contributed by atoms with Crippen LogP contribution in [-0.4, -0.2) is 32.7 Å². The van der Waals surface area contributed by atoms with Crippen molar-refractivity contribution in [1.82, 2.24) is 0 Å². The lowest BCUT2D eigenvalue weighted by atomic mass is 9.97. The van der Waals surface area contributed by atoms with Crippen molar-refractivity contribution >= 4 is 27.5 Å². The third-order valence-corrected chi connectivity index (χ3v) is 5.48. The van der Waals surface area contributed by atoms with Crippen LogP contribution in [0.2, 0.25) is 0 Å². The van der Waals surface area contributed by atoms with Gasteiger partial charge in [-0.2, -0.15) is 0 Å². The van der Waals surface area contributed by atoms with Crippen LogP contribution in [0, 0.1) is 0 Å². The Balaban J connectivity index is 1.71. The monoisotopic (exact) mass is 419 g/mol. The van der Waals surface area contributed by atoms with Gasteiger partial charge in [-0.1, -0.05) is 15.9 Å². The zero-order valence-electron chi connectivity index (χ0n) is 15.3. The second-order valence-electron chi connectivity index (χ2n) is 6.53. The highest BCUT2D eigenvalue weighted by atomic mass is 79.9. The Morgan fingerprint density at radius 1 is 1.12 bits per heavy atom. The fourth-order valence-electron chi connectivity index (χ4n) is 3.33. The first-order chi connectivity index (χ1) is 12.5. The van der Waals surface area contributed by atoms with Gasteiger partial charge in [0.15, 0.2) is 17.5 Å². The van der Waals surface area contributed by atoms with E-state index in [2.05, 4.69) is 27.3 Å². The van der Waals surface area contributed by atoms with Gasteiger partial charge in [0.25, 0.3) is 5.91 Å². The van der Waals surface area contributed by atoms with Gasteiger partial charge in [0.2, 0.25) is 0 Å². The van der Waals surface area contributed by atoms with Crippen LogP contribution < -0.4 is 19.7 Å². The largest absolute Gasteiger partial charge is 0.493 e. The molecule has 5 nitrogen and oxygen atoms in total. The summed E-state index contributed by atoms with van der Waals surface area (Å²) in [5.74, 6) is 1.53. The highest BCUT2D eigenvalue weighted by molar-refractivity contribution is 9.10. The van der Waals surface area contributed by atoms with E-state index in [0.29, 0.717) is 0 Å². The number of quaternary nitrogens is 1. The molecule has 0 radical (unpaired) electrons. The van der Waals surface area contributed by atoms with Gasteiger partial charge >= 0.3 is 0 Å². The van der Waals surface area contributed by atoms with E-state index >= 15 is 0 Å². The zero-order chi connectivity index (χ0) is 18.7. The topological polar surface area (TPSA) is 52.0 Å². The molecule has 0 saturated carbocycles. The predicted molar refractivity (Wildman–Crippen MR) is 105 cm³/mol. The minimum atomic E-state index is -0.139. The minimum absolute atomic E-state index is 0.0336. The Morgan fingerprint density at radius 3 is 2.35 bits per heavy atom. The molecule has 26 heavy (non-hydrogen) atoms. The molecule has 0 bridgehead atoms. The lowest BCUT2D eigenvalue weighted by Gasteiger charge is -2.30. The third-order valence-electron chi connectivity index (χ3n) is 4.96. The number of ether oxygens (including phenoxy) is 2. The van der Waals surface area contributed by atoms with E-state index in [0.717, 1.165) is 41.2 Å². The number of amides is 1. The first-order valence-corrected chi connectivity index (χ1v) is 9.46. The second-order valence-corrected chi connectivity index (χ2v) is 7.44. The summed E-state index contributed by atoms with van der Waals surface area (Å²) in [6.45, 7) is 3.69. The molecule has 3 rings (SSSR count). The molecule has 138 valence electrons. The number of carbonyl (C=O) groups excluding carboxylic acids is 1. The third kappa shape index (κ3) is 4.02. The zero-order valence-corrected chi connectivity index (χ0v) is 16.9. The number of carbonyl (C=O) groups is 1. The second kappa shape index (κ2) is 8.10. The SMILES string of the molecule is COc1cc2c(cc1OC)C[NH+]([C@@H](C)C(=O)Nc1ccc(Br)cc1)CC2. The van der Waals surface area contributed by atoms with E-state index in [-0.39, 0.29) is 11.9 Å². The molecule has 1 aliphatic rings. The summed E-state index contributed by atoms with van der Waals surface area (Å²) in [6, 6.07) is 11.6. The molecule has 1 unspecified atom stereocenters. The quantitative estimate of drug-likeness (QED) is 0.782. The summed E-state index contributed by atoms with van der Waals surface area (Å²) >= 11 is 3.40. The highest BCUT2D eigenvalue weighted by Crippen LogP contribution is 2.31. The number of rotatable bonds is 5. The molecule has 6 heteroatoms. The van der Waals surface area contributed by atoms with Crippen molar-refractivity contribution in [3.63, 3.8) is 0 Å². The van der Waals surface area contributed by atoms with Crippen molar-refractivity contribution < 1.29 is 19.2 Å². The maximum absolute atomic E-state index is 12.6. The van der Waals surface area contributed by atoms with Crippen LogP contribution in [0.5, 0.6) is 11.5 Å². The molecule has 0 aliphatic carbocycles. The molecule has 0 spiro atoms. The van der Waals surface area contributed by atoms with Crippen LogP contribution in [0.15, 0.2) is 40.9 Å². The van der Waals surface area contributed by atoms with Crippen molar-refractivity contribution in [2.75, 3.05) is 26.1 Å². The summed E-state index contributed by atoms with van der Waals surface area (Å²) < 4.78 is 11.8. The van der Waals surface area contributed by atoms with Crippen LogP contribution in [0.4, 0.5) is 5.69 Å². The van der Waals surface area contributed by atoms with Gasteiger partial charge in [-0.05, 0) is 48.9 Å². The smallest absolute Gasteiger partial charge is 0.282 e. The molecule has 1 aliphatic heterocycles. The molecule has 0 fully saturated rings. The number of methoxy groups -OCH3 is 2. The summed E-state index contributed by atoms with van der Waals surface area (Å²) in [7, 11) is 3.30. The summed E-state index contributed by atoms with van der Waals surface area (Å²) in [5, 5.41) is 3.01. The lowest BCUT2D eigenvalue weighted by Crippen LogP contribution is -3.16. The molecule has 2 atom stereocenters. The average molecular weight is 420 g/mol. The molecule has 2 aromatic rings. The Bertz CT molecular complexity index is 792. The van der Waals surface area contributed by atoms with E-state index in [1.165, 1.54) is 16.0 Å². The fraction of sp³-hybridized carbons (Fsp3) is 0.350. The number of benzene rings is 2. The number of hydrogen-bond donors (Lipinski definition) is 2. The van der Waals surface area contributed by atoms with Crippen molar-refractivity contribution in [3.05, 3.63) is 52.0 Å². The van der Waals surface area contributed by atoms with Gasteiger partial charge in [-0.25, -0.2) is 0 Å². The van der Waals surface area contributed by atoms with Crippen molar-refractivity contribution in [2.24, 2.45) is 0 Å². The van der Waals surface area contributed by atoms with Gasteiger partial charge in [-0.3, -0.25) is 4.79 Å². The van der Waals surface area contributed by atoms with Crippen LogP contribution in [-0.2, 0) is 17.8 Å². The summed E-state index contributed by atoms with van der Waals surface area (Å²) in [6.07, 6.45) is 0.918. The summed E-state index contributed by atoms with van der Waals surface area (Å²) in [5.41, 5.74) is 3.30. The van der Waals surface area contributed by atoms with Gasteiger partial charge in [0.05, 0.1) is 20.8 Å². The number of anilines is 1. The van der Waals surface area contributed by atoms with Crippen LogP contribution >= 0.6 is 15.9 Å². The normalized spacial score (nSPS) is 17.2. The first kappa shape index (κ1) is 18.7. The lowest BCUT2D eigenvalue weighted by molar-refractivity contribution is -0.929. The maximum Gasteiger partial charge on any atom is 0.282 e. The number of fused-ring (bicyclic) bond motifs is 1. The number of nitrogens with one attached hydrogen (secondary N) is 2. The van der Waals surface area contributed by atoms with Crippen molar-refractivity contribution in [1.29, 1.82) is 0 Å². The Hall–Kier alpha value is -2.05. The Kier molecular flexibility index (Phi) is 5.84. The standard InChI is InChI=1S/C20H23BrN2O3/c1-13(20(24)22-17-6-4-16(21)5-7-17)23-9-8-14-10-18(25-2)19(26-3)11-15(14)12-23/h4-7,10-11,13H,8-9,12H2,1-3H3,(H,22,24)/p+1/t13-/m0/s1. The Morgan fingerprint density at radius 2 is 1.73 bits per heavy atom. The van der Waals surface area contributed by atoms with Crippen LogP contribution in [0.25, 0.3) is 0 Å². The van der Waals surface area contributed by atoms with E-state index in [1.807, 2.05) is 37.3 Å². The average Bonchev–Trinajstić information content (AvgIpc) is 2.67. The molecular formula is C20H24BrN2O3+. The number of halogens is 1. The van der Waals surface area contributed by atoms with Crippen LogP contribution in [0.1, 0.15) is 18.1 Å². The Labute approximate surface area is 162 Å². The van der Waals surface area contributed by atoms with E-state index in [9.17, 15) is 4.79 Å². The highest BCUT2D eigenvalue weighted by Gasteiger charge is 2.30. The number of hydrogen-bond acceptors (Lipinski definition) is 3. The van der Waals surface area contributed by atoms with Crippen molar-refractivity contribution in [3.8, 4) is 11.5 Å². The molecule has 1 heterocycles. The van der Waals surface area contributed by atoms with E-state index in [1.54, 1.807) is 14.2 Å². The molecule has 0 saturated heterocycles. The van der Waals surface area contributed by atoms with Gasteiger partial charge in [0.1, 0.15) is 6.54 Å². The van der Waals surface area contributed by atoms with Crippen LogP contribution in [0.3, 0.4) is 0 Å². The van der Waals surface area contributed by atoms with E-state index in [4.69, 9.17) is 9.47 Å². The molecular weight excluding hydrogens is 396 g/mol. The van der Waals surface area contributed by atoms with Gasteiger partial charge < -0.3 is 19.7 Å². The van der Waals surface area contributed by atoms with E-state index < -0.39 is 0 Å². The minimum Gasteiger partial charge on any atom is -0.493 e. The van der Waals surface area contributed by atoms with Gasteiger partial charge in [0, 0.05) is 22.1 Å². The molecule has 2 aromatic carbocycles. The fourth-order valence-corrected chi connectivity index (χ4v) is 3.59. The molecule has 1 amide bonds. The summed E-state index contributed by atoms with van der Waals surface area (Å²) in [4.78, 5) is 13.9. The predicted octanol–water partition coefficient (Wildman–Crippen LogP) is 2.43. The first-order valence-electron chi connectivity index (χ1n) is 8.66. The van der Waals surface area contributed by atoms with Gasteiger partial charge in [-0.15, -0.1) is 0 Å². The van der Waals surface area contributed by atoms with Crippen molar-refractivity contribution in [2.45, 2.75) is 25.9 Å². The molecule has 2 N–H and O–H groups in total. The maximum atomic E-state index is 12.6.